The van der Waals surface area contributed by atoms with Gasteiger partial charge in [-0.1, -0.05) is 12.1 Å². The summed E-state index contributed by atoms with van der Waals surface area (Å²) in [6.07, 6.45) is 2.25. The Kier molecular flexibility index (Phi) is 5.42. The van der Waals surface area contributed by atoms with E-state index < -0.39 is 6.29 Å². The van der Waals surface area contributed by atoms with Crippen LogP contribution in [0.15, 0.2) is 72.9 Å². The maximum atomic E-state index is 13.4. The van der Waals surface area contributed by atoms with E-state index in [0.29, 0.717) is 28.8 Å². The fraction of sp³-hybridized carbons (Fsp3) is 0.0952. The summed E-state index contributed by atoms with van der Waals surface area (Å²) >= 11 is 0. The first-order valence-corrected chi connectivity index (χ1v) is 9.08. The lowest BCUT2D eigenvalue weighted by Gasteiger charge is -2.13. The standard InChI is InChI=1S/C21H18FN5O3/c1-23-19(28)13-5-7-16(8-6-13)25-21-24-10-9-17(27-21)26-18-12-29-20(30-18)14-3-2-4-15(22)11-14/h2-12,20H,1H3,(H,23,28)(H2,24,25,26,27). The zero-order valence-electron chi connectivity index (χ0n) is 15.9. The molecule has 1 amide bonds. The minimum Gasteiger partial charge on any atom is -0.453 e. The predicted octanol–water partition coefficient (Wildman–Crippen LogP) is 3.68. The number of anilines is 3. The summed E-state index contributed by atoms with van der Waals surface area (Å²) in [6, 6.07) is 14.6. The van der Waals surface area contributed by atoms with Gasteiger partial charge in [-0.3, -0.25) is 4.79 Å². The largest absolute Gasteiger partial charge is 0.453 e. The molecule has 0 fully saturated rings. The van der Waals surface area contributed by atoms with Crippen LogP contribution in [0.1, 0.15) is 22.2 Å². The molecule has 2 aromatic carbocycles. The zero-order valence-corrected chi connectivity index (χ0v) is 15.9. The summed E-state index contributed by atoms with van der Waals surface area (Å²) in [5, 5.41) is 8.63. The normalized spacial score (nSPS) is 14.9. The second-order valence-electron chi connectivity index (χ2n) is 6.29. The van der Waals surface area contributed by atoms with E-state index in [2.05, 4.69) is 25.9 Å². The molecule has 1 aliphatic rings. The second-order valence-corrected chi connectivity index (χ2v) is 6.29. The number of carbonyl (C=O) groups excluding carboxylic acids is 1. The number of amides is 1. The molecule has 2 heterocycles. The molecule has 1 aromatic heterocycles. The van der Waals surface area contributed by atoms with Crippen LogP contribution in [0.5, 0.6) is 0 Å². The van der Waals surface area contributed by atoms with Crippen LogP contribution in [0.3, 0.4) is 0 Å². The molecule has 152 valence electrons. The molecule has 9 heteroatoms. The van der Waals surface area contributed by atoms with Crippen LogP contribution < -0.4 is 16.0 Å². The van der Waals surface area contributed by atoms with Crippen molar-refractivity contribution in [3.8, 4) is 0 Å². The molecule has 0 saturated heterocycles. The predicted molar refractivity (Wildman–Crippen MR) is 108 cm³/mol. The summed E-state index contributed by atoms with van der Waals surface area (Å²) in [5.74, 6) is 0.644. The third-order valence-electron chi connectivity index (χ3n) is 4.19. The minimum atomic E-state index is -0.735. The van der Waals surface area contributed by atoms with Crippen LogP contribution in [0.25, 0.3) is 0 Å². The average molecular weight is 407 g/mol. The van der Waals surface area contributed by atoms with Crippen molar-refractivity contribution < 1.29 is 18.7 Å². The van der Waals surface area contributed by atoms with Crippen molar-refractivity contribution in [2.75, 3.05) is 17.7 Å². The van der Waals surface area contributed by atoms with Gasteiger partial charge in [0.2, 0.25) is 11.8 Å². The number of hydrogen-bond donors (Lipinski definition) is 3. The van der Waals surface area contributed by atoms with E-state index in [9.17, 15) is 9.18 Å². The van der Waals surface area contributed by atoms with Crippen molar-refractivity contribution >= 4 is 23.4 Å². The molecule has 3 aromatic rings. The molecule has 0 spiro atoms. The van der Waals surface area contributed by atoms with E-state index in [4.69, 9.17) is 9.47 Å². The average Bonchev–Trinajstić information content (AvgIpc) is 3.22. The maximum absolute atomic E-state index is 13.4. The van der Waals surface area contributed by atoms with Crippen LogP contribution >= 0.6 is 0 Å². The Labute approximate surface area is 171 Å². The third-order valence-corrected chi connectivity index (χ3v) is 4.19. The van der Waals surface area contributed by atoms with E-state index in [-0.39, 0.29) is 11.7 Å². The number of benzene rings is 2. The van der Waals surface area contributed by atoms with Crippen molar-refractivity contribution in [2.45, 2.75) is 6.29 Å². The van der Waals surface area contributed by atoms with Crippen molar-refractivity contribution in [3.63, 3.8) is 0 Å². The van der Waals surface area contributed by atoms with Gasteiger partial charge in [0, 0.05) is 30.1 Å². The van der Waals surface area contributed by atoms with E-state index in [1.165, 1.54) is 18.4 Å². The molecule has 0 aliphatic carbocycles. The van der Waals surface area contributed by atoms with Crippen molar-refractivity contribution in [1.29, 1.82) is 0 Å². The van der Waals surface area contributed by atoms with Gasteiger partial charge >= 0.3 is 0 Å². The first kappa shape index (κ1) is 19.2. The lowest BCUT2D eigenvalue weighted by molar-refractivity contribution is -0.0325. The van der Waals surface area contributed by atoms with Crippen LogP contribution in [0, 0.1) is 5.82 Å². The van der Waals surface area contributed by atoms with E-state index in [0.717, 1.165) is 5.69 Å². The van der Waals surface area contributed by atoms with Gasteiger partial charge < -0.3 is 25.4 Å². The minimum absolute atomic E-state index is 0.160. The molecule has 1 unspecified atom stereocenters. The number of nitrogens with one attached hydrogen (secondary N) is 3. The molecule has 4 rings (SSSR count). The van der Waals surface area contributed by atoms with Crippen LogP contribution in [0.2, 0.25) is 0 Å². The third kappa shape index (κ3) is 4.46. The number of halogens is 1. The summed E-state index contributed by atoms with van der Waals surface area (Å²) in [4.78, 5) is 20.2. The highest BCUT2D eigenvalue weighted by atomic mass is 19.1. The van der Waals surface area contributed by atoms with Crippen molar-refractivity contribution in [2.24, 2.45) is 0 Å². The Morgan fingerprint density at radius 1 is 1.10 bits per heavy atom. The Hall–Kier alpha value is -4.14. The molecular weight excluding hydrogens is 389 g/mol. The SMILES string of the molecule is CNC(=O)c1ccc(Nc2nccc(NC3=COC(c4cccc(F)c4)O3)n2)cc1. The van der Waals surface area contributed by atoms with Crippen LogP contribution in [-0.4, -0.2) is 22.9 Å². The maximum Gasteiger partial charge on any atom is 0.268 e. The highest BCUT2D eigenvalue weighted by Gasteiger charge is 2.22. The van der Waals surface area contributed by atoms with E-state index >= 15 is 0 Å². The summed E-state index contributed by atoms with van der Waals surface area (Å²) in [6.45, 7) is 0. The summed E-state index contributed by atoms with van der Waals surface area (Å²) in [5.41, 5.74) is 1.84. The van der Waals surface area contributed by atoms with Gasteiger partial charge in [-0.25, -0.2) is 9.37 Å². The topological polar surface area (TPSA) is 97.4 Å². The number of nitrogens with zero attached hydrogens (tertiary/aromatic N) is 2. The lowest BCUT2D eigenvalue weighted by atomic mass is 10.2. The molecule has 0 bridgehead atoms. The lowest BCUT2D eigenvalue weighted by Crippen LogP contribution is -2.17. The number of hydrogen-bond acceptors (Lipinski definition) is 7. The molecule has 0 saturated carbocycles. The molecular formula is C21H18FN5O3. The van der Waals surface area contributed by atoms with Crippen LogP contribution in [-0.2, 0) is 9.47 Å². The van der Waals surface area contributed by atoms with Gasteiger partial charge in [-0.15, -0.1) is 0 Å². The van der Waals surface area contributed by atoms with Crippen molar-refractivity contribution in [1.82, 2.24) is 15.3 Å². The summed E-state index contributed by atoms with van der Waals surface area (Å²) < 4.78 is 24.5. The molecule has 1 aliphatic heterocycles. The molecule has 3 N–H and O–H groups in total. The summed E-state index contributed by atoms with van der Waals surface area (Å²) in [7, 11) is 1.58. The van der Waals surface area contributed by atoms with Crippen LogP contribution in [0.4, 0.5) is 21.8 Å². The fourth-order valence-electron chi connectivity index (χ4n) is 2.75. The first-order valence-electron chi connectivity index (χ1n) is 9.08. The smallest absolute Gasteiger partial charge is 0.268 e. The van der Waals surface area contributed by atoms with Gasteiger partial charge in [-0.05, 0) is 42.5 Å². The van der Waals surface area contributed by atoms with E-state index in [1.807, 2.05) is 0 Å². The van der Waals surface area contributed by atoms with Gasteiger partial charge in [-0.2, -0.15) is 4.98 Å². The van der Waals surface area contributed by atoms with E-state index in [1.54, 1.807) is 55.7 Å². The molecule has 8 nitrogen and oxygen atoms in total. The van der Waals surface area contributed by atoms with Gasteiger partial charge in [0.1, 0.15) is 17.9 Å². The molecule has 0 radical (unpaired) electrons. The number of ether oxygens (including phenoxy) is 2. The second kappa shape index (κ2) is 8.48. The first-order chi connectivity index (χ1) is 14.6. The monoisotopic (exact) mass is 407 g/mol. The fourth-order valence-corrected chi connectivity index (χ4v) is 2.75. The Balaban J connectivity index is 1.38. The highest BCUT2D eigenvalue weighted by Crippen LogP contribution is 2.29. The number of rotatable bonds is 6. The Morgan fingerprint density at radius 3 is 2.70 bits per heavy atom. The molecule has 30 heavy (non-hydrogen) atoms. The van der Waals surface area contributed by atoms with Gasteiger partial charge in [0.25, 0.3) is 12.2 Å². The Morgan fingerprint density at radius 2 is 1.93 bits per heavy atom. The number of aromatic nitrogens is 2. The Bertz CT molecular complexity index is 1090. The highest BCUT2D eigenvalue weighted by molar-refractivity contribution is 5.94. The number of carbonyl (C=O) groups is 1. The zero-order chi connectivity index (χ0) is 20.9. The molecule has 1 atom stereocenters. The van der Waals surface area contributed by atoms with Crippen molar-refractivity contribution in [3.05, 3.63) is 89.9 Å². The van der Waals surface area contributed by atoms with Gasteiger partial charge in [0.15, 0.2) is 0 Å². The quantitative estimate of drug-likeness (QED) is 0.574. The van der Waals surface area contributed by atoms with Gasteiger partial charge in [0.05, 0.1) is 0 Å².